The Bertz CT molecular complexity index is 1810. The SMILES string of the molecule is Cc1ccc([C@@H]2CC(=O)c3c(O)cc(O)c([C@@H]4C(=O)c5c(O)cc(O)cc5O[C@H]4c4ccc(O)c(O)c4)c3O2)cc1O. The third kappa shape index (κ3) is 4.14. The van der Waals surface area contributed by atoms with Gasteiger partial charge in [-0.25, -0.2) is 0 Å². The summed E-state index contributed by atoms with van der Waals surface area (Å²) in [5.41, 5.74) is 0.331. The molecule has 2 heterocycles. The second kappa shape index (κ2) is 9.51. The van der Waals surface area contributed by atoms with E-state index in [0.717, 1.165) is 30.3 Å². The molecule has 42 heavy (non-hydrogen) atoms. The number of hydrogen-bond donors (Lipinski definition) is 7. The van der Waals surface area contributed by atoms with Crippen molar-refractivity contribution in [2.24, 2.45) is 0 Å². The second-order valence-corrected chi connectivity index (χ2v) is 10.3. The normalized spacial score (nSPS) is 19.4. The highest BCUT2D eigenvalue weighted by Gasteiger charge is 2.46. The van der Waals surface area contributed by atoms with Crippen LogP contribution in [0, 0.1) is 6.92 Å². The topological polar surface area (TPSA) is 194 Å². The number of phenolic OH excluding ortho intramolecular Hbond substituents is 7. The fourth-order valence-electron chi connectivity index (χ4n) is 5.49. The molecule has 0 amide bonds. The summed E-state index contributed by atoms with van der Waals surface area (Å²) in [6, 6.07) is 11.3. The van der Waals surface area contributed by atoms with E-state index in [2.05, 4.69) is 0 Å². The predicted octanol–water partition coefficient (Wildman–Crippen LogP) is 4.74. The Kier molecular flexibility index (Phi) is 6.03. The first-order valence-electron chi connectivity index (χ1n) is 12.8. The van der Waals surface area contributed by atoms with Crippen LogP contribution in [0.1, 0.15) is 67.5 Å². The number of phenols is 7. The lowest BCUT2D eigenvalue weighted by Crippen LogP contribution is -2.32. The Morgan fingerprint density at radius 3 is 2.07 bits per heavy atom. The van der Waals surface area contributed by atoms with E-state index in [-0.39, 0.29) is 45.9 Å². The van der Waals surface area contributed by atoms with E-state index in [4.69, 9.17) is 9.47 Å². The van der Waals surface area contributed by atoms with Crippen molar-refractivity contribution in [1.82, 2.24) is 0 Å². The third-order valence-electron chi connectivity index (χ3n) is 7.58. The van der Waals surface area contributed by atoms with Gasteiger partial charge in [0, 0.05) is 18.2 Å². The first-order chi connectivity index (χ1) is 19.9. The van der Waals surface area contributed by atoms with Crippen LogP contribution in [0.15, 0.2) is 54.6 Å². The van der Waals surface area contributed by atoms with Gasteiger partial charge >= 0.3 is 0 Å². The number of ketones is 2. The maximum atomic E-state index is 14.1. The van der Waals surface area contributed by atoms with Crippen LogP contribution < -0.4 is 9.47 Å². The first kappa shape index (κ1) is 26.6. The molecule has 0 radical (unpaired) electrons. The number of hydrogen-bond acceptors (Lipinski definition) is 11. The van der Waals surface area contributed by atoms with Gasteiger partial charge in [-0.3, -0.25) is 9.59 Å². The van der Waals surface area contributed by atoms with E-state index in [1.54, 1.807) is 19.1 Å². The molecule has 11 heteroatoms. The molecule has 2 aliphatic rings. The molecule has 6 rings (SSSR count). The summed E-state index contributed by atoms with van der Waals surface area (Å²) < 4.78 is 12.3. The lowest BCUT2D eigenvalue weighted by Gasteiger charge is -2.36. The zero-order valence-corrected chi connectivity index (χ0v) is 21.9. The molecule has 4 aromatic carbocycles. The van der Waals surface area contributed by atoms with Crippen molar-refractivity contribution in [1.29, 1.82) is 0 Å². The molecule has 0 aromatic heterocycles. The average Bonchev–Trinajstić information content (AvgIpc) is 2.91. The van der Waals surface area contributed by atoms with Crippen LogP contribution in [0.5, 0.6) is 51.7 Å². The number of aryl methyl sites for hydroxylation is 1. The zero-order chi connectivity index (χ0) is 30.0. The van der Waals surface area contributed by atoms with Gasteiger partial charge in [-0.1, -0.05) is 18.2 Å². The van der Waals surface area contributed by atoms with Crippen LogP contribution >= 0.6 is 0 Å². The van der Waals surface area contributed by atoms with E-state index in [1.165, 1.54) is 12.1 Å². The summed E-state index contributed by atoms with van der Waals surface area (Å²) in [4.78, 5) is 27.5. The quantitative estimate of drug-likeness (QED) is 0.168. The maximum absolute atomic E-state index is 14.1. The minimum Gasteiger partial charge on any atom is -0.508 e. The monoisotopic (exact) mass is 572 g/mol. The molecule has 0 aliphatic carbocycles. The molecule has 0 spiro atoms. The molecule has 214 valence electrons. The largest absolute Gasteiger partial charge is 0.508 e. The van der Waals surface area contributed by atoms with Crippen molar-refractivity contribution >= 4 is 11.6 Å². The highest BCUT2D eigenvalue weighted by Crippen LogP contribution is 2.55. The number of carbonyl (C=O) groups excluding carboxylic acids is 2. The number of rotatable bonds is 3. The lowest BCUT2D eigenvalue weighted by atomic mass is 9.78. The van der Waals surface area contributed by atoms with Crippen LogP contribution in [0.25, 0.3) is 0 Å². The molecule has 0 saturated carbocycles. The van der Waals surface area contributed by atoms with Crippen molar-refractivity contribution < 1.29 is 54.8 Å². The summed E-state index contributed by atoms with van der Waals surface area (Å²) >= 11 is 0. The Morgan fingerprint density at radius 2 is 1.36 bits per heavy atom. The zero-order valence-electron chi connectivity index (χ0n) is 21.9. The Balaban J connectivity index is 1.58. The molecular weight excluding hydrogens is 548 g/mol. The molecule has 0 unspecified atom stereocenters. The maximum Gasteiger partial charge on any atom is 0.182 e. The highest BCUT2D eigenvalue weighted by molar-refractivity contribution is 6.09. The fourth-order valence-corrected chi connectivity index (χ4v) is 5.49. The summed E-state index contributed by atoms with van der Waals surface area (Å²) in [6.07, 6.45) is -2.54. The molecular formula is C31H24O11. The van der Waals surface area contributed by atoms with E-state index in [0.29, 0.717) is 11.1 Å². The smallest absolute Gasteiger partial charge is 0.182 e. The molecule has 2 aliphatic heterocycles. The fraction of sp³-hybridized carbons (Fsp3) is 0.161. The Hall–Kier alpha value is -5.58. The van der Waals surface area contributed by atoms with E-state index >= 15 is 0 Å². The van der Waals surface area contributed by atoms with E-state index in [1.807, 2.05) is 0 Å². The first-order valence-corrected chi connectivity index (χ1v) is 12.8. The van der Waals surface area contributed by atoms with Gasteiger partial charge in [-0.2, -0.15) is 0 Å². The standard InChI is InChI=1S/C31H24O11/c1-12-2-3-13(6-17(12)34)23-11-22(39)25-20(37)10-21(38)27(31(25)41-23)28-29(40)26-19(36)8-15(32)9-24(26)42-30(28)14-4-5-16(33)18(35)7-14/h2-10,23,28,30,32-38H,11H2,1H3/t23-,28+,30-/m0/s1. The number of ether oxygens (including phenoxy) is 2. The Labute approximate surface area is 237 Å². The van der Waals surface area contributed by atoms with Crippen molar-refractivity contribution in [3.8, 4) is 51.7 Å². The average molecular weight is 573 g/mol. The van der Waals surface area contributed by atoms with Gasteiger partial charge in [0.25, 0.3) is 0 Å². The third-order valence-corrected chi connectivity index (χ3v) is 7.58. The lowest BCUT2D eigenvalue weighted by molar-refractivity contribution is 0.0738. The summed E-state index contributed by atoms with van der Waals surface area (Å²) in [7, 11) is 0. The van der Waals surface area contributed by atoms with Gasteiger partial charge < -0.3 is 45.2 Å². The van der Waals surface area contributed by atoms with Crippen LogP contribution in [0.2, 0.25) is 0 Å². The predicted molar refractivity (Wildman–Crippen MR) is 145 cm³/mol. The van der Waals surface area contributed by atoms with Gasteiger partial charge in [0.2, 0.25) is 0 Å². The highest BCUT2D eigenvalue weighted by atomic mass is 16.5. The Morgan fingerprint density at radius 1 is 0.667 bits per heavy atom. The molecule has 0 fully saturated rings. The molecule has 0 saturated heterocycles. The van der Waals surface area contributed by atoms with Crippen LogP contribution in [-0.4, -0.2) is 47.3 Å². The molecule has 4 aromatic rings. The summed E-state index contributed by atoms with van der Waals surface area (Å²) in [5, 5.41) is 72.8. The van der Waals surface area contributed by atoms with Crippen molar-refractivity contribution in [2.75, 3.05) is 0 Å². The van der Waals surface area contributed by atoms with Crippen molar-refractivity contribution in [3.63, 3.8) is 0 Å². The van der Waals surface area contributed by atoms with Gasteiger partial charge in [0.05, 0.1) is 17.9 Å². The second-order valence-electron chi connectivity index (χ2n) is 10.3. The number of carbonyl (C=O) groups is 2. The number of fused-ring (bicyclic) bond motifs is 2. The van der Waals surface area contributed by atoms with Crippen LogP contribution in [0.4, 0.5) is 0 Å². The van der Waals surface area contributed by atoms with Crippen molar-refractivity contribution in [3.05, 3.63) is 88.0 Å². The van der Waals surface area contributed by atoms with Crippen LogP contribution in [-0.2, 0) is 0 Å². The van der Waals surface area contributed by atoms with Crippen molar-refractivity contribution in [2.45, 2.75) is 31.5 Å². The molecule has 3 atom stereocenters. The minimum atomic E-state index is -1.52. The van der Waals surface area contributed by atoms with Gasteiger partial charge in [0.1, 0.15) is 63.6 Å². The summed E-state index contributed by atoms with van der Waals surface area (Å²) in [6.45, 7) is 1.69. The van der Waals surface area contributed by atoms with Gasteiger partial charge in [0.15, 0.2) is 23.1 Å². The molecule has 0 bridgehead atoms. The number of benzene rings is 4. The van der Waals surface area contributed by atoms with Gasteiger partial charge in [-0.05, 0) is 41.8 Å². The number of Topliss-reactive ketones (excluding diaryl/α,β-unsaturated/α-hetero) is 2. The van der Waals surface area contributed by atoms with Crippen LogP contribution in [0.3, 0.4) is 0 Å². The molecule has 7 N–H and O–H groups in total. The summed E-state index contributed by atoms with van der Waals surface area (Å²) in [5.74, 6) is -6.59. The van der Waals surface area contributed by atoms with E-state index in [9.17, 15) is 45.3 Å². The number of aromatic hydroxyl groups is 7. The van der Waals surface area contributed by atoms with E-state index < -0.39 is 64.2 Å². The minimum absolute atomic E-state index is 0.0354. The van der Waals surface area contributed by atoms with Gasteiger partial charge in [-0.15, -0.1) is 0 Å². The molecule has 11 nitrogen and oxygen atoms in total.